The minimum atomic E-state index is 0.440. The van der Waals surface area contributed by atoms with Gasteiger partial charge in [-0.3, -0.25) is 0 Å². The zero-order chi connectivity index (χ0) is 12.1. The summed E-state index contributed by atoms with van der Waals surface area (Å²) in [6.07, 6.45) is 0. The van der Waals surface area contributed by atoms with Crippen LogP contribution in [0, 0.1) is 11.3 Å². The summed E-state index contributed by atoms with van der Waals surface area (Å²) in [7, 11) is 0. The second kappa shape index (κ2) is 5.29. The first-order valence-corrected chi connectivity index (χ1v) is 5.47. The summed E-state index contributed by atoms with van der Waals surface area (Å²) in [5, 5.41) is 9.12. The van der Waals surface area contributed by atoms with Crippen LogP contribution in [0.3, 0.4) is 0 Å². The first kappa shape index (κ1) is 11.4. The first-order chi connectivity index (χ1) is 8.29. The Labute approximate surface area is 105 Å². The van der Waals surface area contributed by atoms with Gasteiger partial charge in [-0.2, -0.15) is 5.26 Å². The molecular formula is C14H9ClN2. The Hall–Kier alpha value is -2.11. The van der Waals surface area contributed by atoms with Crippen molar-refractivity contribution in [2.24, 2.45) is 4.99 Å². The summed E-state index contributed by atoms with van der Waals surface area (Å²) < 4.78 is 0. The molecule has 2 rings (SSSR count). The average Bonchev–Trinajstić information content (AvgIpc) is 2.40. The Balaban J connectivity index is 2.27. The number of nitriles is 1. The summed E-state index contributed by atoms with van der Waals surface area (Å²) in [5.41, 5.74) is 2.22. The fraction of sp³-hybridized carbons (Fsp3) is 0. The molecular weight excluding hydrogens is 232 g/mol. The Morgan fingerprint density at radius 2 is 1.65 bits per heavy atom. The van der Waals surface area contributed by atoms with Crippen LogP contribution in [-0.4, -0.2) is 5.17 Å². The molecule has 0 radical (unpaired) electrons. The van der Waals surface area contributed by atoms with E-state index in [0.717, 1.165) is 11.3 Å². The smallest absolute Gasteiger partial charge is 0.136 e. The van der Waals surface area contributed by atoms with Gasteiger partial charge in [0.25, 0.3) is 0 Å². The molecule has 0 saturated carbocycles. The van der Waals surface area contributed by atoms with Gasteiger partial charge in [-0.1, -0.05) is 41.9 Å². The van der Waals surface area contributed by atoms with Crippen LogP contribution in [0.4, 0.5) is 5.69 Å². The number of aliphatic imine (C=N–C) groups is 1. The van der Waals surface area contributed by atoms with Crippen LogP contribution in [0.2, 0.25) is 0 Å². The van der Waals surface area contributed by atoms with Gasteiger partial charge in [0.15, 0.2) is 0 Å². The number of rotatable bonds is 2. The van der Waals surface area contributed by atoms with Crippen molar-refractivity contribution in [2.75, 3.05) is 0 Å². The van der Waals surface area contributed by atoms with Gasteiger partial charge >= 0.3 is 0 Å². The summed E-state index contributed by atoms with van der Waals surface area (Å²) in [6, 6.07) is 18.6. The highest BCUT2D eigenvalue weighted by molar-refractivity contribution is 6.69. The highest BCUT2D eigenvalue weighted by Crippen LogP contribution is 2.16. The monoisotopic (exact) mass is 240 g/mol. The highest BCUT2D eigenvalue weighted by Gasteiger charge is 1.99. The SMILES string of the molecule is N#Cc1ccc(N=C(Cl)c2ccccc2)cc1. The molecule has 2 aromatic rings. The molecule has 0 unspecified atom stereocenters. The highest BCUT2D eigenvalue weighted by atomic mass is 35.5. The van der Waals surface area contributed by atoms with Gasteiger partial charge in [0.1, 0.15) is 5.17 Å². The second-order valence-electron chi connectivity index (χ2n) is 3.43. The van der Waals surface area contributed by atoms with Crippen molar-refractivity contribution in [3.63, 3.8) is 0 Å². The van der Waals surface area contributed by atoms with E-state index >= 15 is 0 Å². The van der Waals surface area contributed by atoms with Crippen LogP contribution in [0.5, 0.6) is 0 Å². The van der Waals surface area contributed by atoms with E-state index in [9.17, 15) is 0 Å². The van der Waals surface area contributed by atoms with Gasteiger partial charge in [-0.25, -0.2) is 4.99 Å². The van der Waals surface area contributed by atoms with E-state index in [1.54, 1.807) is 24.3 Å². The average molecular weight is 241 g/mol. The fourth-order valence-corrected chi connectivity index (χ4v) is 1.59. The van der Waals surface area contributed by atoms with Crippen molar-refractivity contribution in [1.82, 2.24) is 0 Å². The van der Waals surface area contributed by atoms with Crippen LogP contribution in [0.1, 0.15) is 11.1 Å². The van der Waals surface area contributed by atoms with E-state index in [1.807, 2.05) is 30.3 Å². The molecule has 0 heterocycles. The van der Waals surface area contributed by atoms with Gasteiger partial charge in [-0.15, -0.1) is 0 Å². The third kappa shape index (κ3) is 2.93. The minimum Gasteiger partial charge on any atom is -0.236 e. The van der Waals surface area contributed by atoms with Gasteiger partial charge < -0.3 is 0 Å². The lowest BCUT2D eigenvalue weighted by Gasteiger charge is -1.98. The molecule has 0 aliphatic rings. The number of halogens is 1. The van der Waals surface area contributed by atoms with Crippen LogP contribution >= 0.6 is 11.6 Å². The fourth-order valence-electron chi connectivity index (χ4n) is 1.36. The molecule has 0 N–H and O–H groups in total. The lowest BCUT2D eigenvalue weighted by molar-refractivity contribution is 1.46. The lowest BCUT2D eigenvalue weighted by atomic mass is 10.2. The van der Waals surface area contributed by atoms with Gasteiger partial charge in [0, 0.05) is 5.56 Å². The molecule has 2 aromatic carbocycles. The van der Waals surface area contributed by atoms with Crippen molar-refractivity contribution >= 4 is 22.5 Å². The standard InChI is InChI=1S/C14H9ClN2/c15-14(12-4-2-1-3-5-12)17-13-8-6-11(10-16)7-9-13/h1-9H. The lowest BCUT2D eigenvalue weighted by Crippen LogP contribution is -1.88. The molecule has 0 saturated heterocycles. The molecule has 82 valence electrons. The van der Waals surface area contributed by atoms with Crippen molar-refractivity contribution in [2.45, 2.75) is 0 Å². The topological polar surface area (TPSA) is 36.1 Å². The third-order valence-corrected chi connectivity index (χ3v) is 2.54. The van der Waals surface area contributed by atoms with E-state index in [4.69, 9.17) is 16.9 Å². The molecule has 0 aromatic heterocycles. The molecule has 3 heteroatoms. The molecule has 0 fully saturated rings. The molecule has 2 nitrogen and oxygen atoms in total. The minimum absolute atomic E-state index is 0.440. The second-order valence-corrected chi connectivity index (χ2v) is 3.79. The van der Waals surface area contributed by atoms with E-state index in [0.29, 0.717) is 10.7 Å². The van der Waals surface area contributed by atoms with Crippen molar-refractivity contribution in [1.29, 1.82) is 5.26 Å². The molecule has 0 atom stereocenters. The van der Waals surface area contributed by atoms with E-state index < -0.39 is 0 Å². The molecule has 0 aliphatic heterocycles. The Bertz CT molecular complexity index is 565. The Morgan fingerprint density at radius 3 is 2.24 bits per heavy atom. The maximum atomic E-state index is 8.68. The van der Waals surface area contributed by atoms with E-state index in [2.05, 4.69) is 11.1 Å². The number of hydrogen-bond acceptors (Lipinski definition) is 2. The van der Waals surface area contributed by atoms with E-state index in [-0.39, 0.29) is 0 Å². The first-order valence-electron chi connectivity index (χ1n) is 5.09. The third-order valence-electron chi connectivity index (χ3n) is 2.24. The predicted molar refractivity (Wildman–Crippen MR) is 69.6 cm³/mol. The number of benzene rings is 2. The normalized spacial score (nSPS) is 10.9. The molecule has 0 amide bonds. The van der Waals surface area contributed by atoms with Crippen LogP contribution < -0.4 is 0 Å². The molecule has 0 bridgehead atoms. The van der Waals surface area contributed by atoms with Crippen LogP contribution in [0.25, 0.3) is 0 Å². The van der Waals surface area contributed by atoms with Gasteiger partial charge in [0.2, 0.25) is 0 Å². The van der Waals surface area contributed by atoms with E-state index in [1.165, 1.54) is 0 Å². The van der Waals surface area contributed by atoms with Gasteiger partial charge in [-0.05, 0) is 24.3 Å². The van der Waals surface area contributed by atoms with Crippen molar-refractivity contribution in [3.8, 4) is 6.07 Å². The van der Waals surface area contributed by atoms with Gasteiger partial charge in [0.05, 0.1) is 17.3 Å². The number of nitrogens with zero attached hydrogens (tertiary/aromatic N) is 2. The predicted octanol–water partition coefficient (Wildman–Crippen LogP) is 3.88. The largest absolute Gasteiger partial charge is 0.236 e. The number of hydrogen-bond donors (Lipinski definition) is 0. The summed E-state index contributed by atoms with van der Waals surface area (Å²) in [6.45, 7) is 0. The summed E-state index contributed by atoms with van der Waals surface area (Å²) in [5.74, 6) is 0. The Morgan fingerprint density at radius 1 is 1.00 bits per heavy atom. The zero-order valence-corrected chi connectivity index (χ0v) is 9.72. The molecule has 17 heavy (non-hydrogen) atoms. The molecule has 0 spiro atoms. The maximum Gasteiger partial charge on any atom is 0.136 e. The zero-order valence-electron chi connectivity index (χ0n) is 8.97. The summed E-state index contributed by atoms with van der Waals surface area (Å²) in [4.78, 5) is 4.28. The van der Waals surface area contributed by atoms with Crippen molar-refractivity contribution < 1.29 is 0 Å². The summed E-state index contributed by atoms with van der Waals surface area (Å²) >= 11 is 6.10. The van der Waals surface area contributed by atoms with Crippen LogP contribution in [-0.2, 0) is 0 Å². The van der Waals surface area contributed by atoms with Crippen molar-refractivity contribution in [3.05, 3.63) is 65.7 Å². The molecule has 0 aliphatic carbocycles. The Kier molecular flexibility index (Phi) is 3.54. The quantitative estimate of drug-likeness (QED) is 0.734. The van der Waals surface area contributed by atoms with Crippen LogP contribution in [0.15, 0.2) is 59.6 Å². The maximum absolute atomic E-state index is 8.68.